The molecule has 2 rings (SSSR count). The molecule has 0 amide bonds. The molecule has 0 atom stereocenters. The van der Waals surface area contributed by atoms with Crippen LogP contribution in [-0.2, 0) is 0 Å². The summed E-state index contributed by atoms with van der Waals surface area (Å²) >= 11 is 0. The van der Waals surface area contributed by atoms with Crippen LogP contribution in [0.15, 0.2) is 0 Å². The molecule has 0 aromatic rings. The molecule has 2 aliphatic heterocycles. The zero-order chi connectivity index (χ0) is 11.3. The molecule has 0 spiro atoms. The molecule has 0 aromatic carbocycles. The van der Waals surface area contributed by atoms with Gasteiger partial charge in [0, 0.05) is 12.8 Å². The molecular weight excluding hydrogens is 198 g/mol. The molecule has 86 valence electrons. The number of guanidine groups is 1. The number of rotatable bonds is 0. The van der Waals surface area contributed by atoms with Crippen molar-refractivity contribution in [3.63, 3.8) is 0 Å². The van der Waals surface area contributed by atoms with Gasteiger partial charge >= 0.3 is 5.96 Å². The fraction of sp³-hybridized carbons (Fsp3) is 0.778. The van der Waals surface area contributed by atoms with Gasteiger partial charge in [-0.1, -0.05) is 0 Å². The van der Waals surface area contributed by atoms with E-state index in [1.54, 1.807) is 0 Å². The van der Waals surface area contributed by atoms with E-state index >= 15 is 0 Å². The Balaban J connectivity index is 0.000000245. The molecule has 15 heavy (non-hydrogen) atoms. The smallest absolute Gasteiger partial charge is 0.347 e. The Labute approximate surface area is 88.8 Å². The Morgan fingerprint density at radius 2 is 2.13 bits per heavy atom. The van der Waals surface area contributed by atoms with E-state index in [0.717, 1.165) is 6.54 Å². The van der Waals surface area contributed by atoms with E-state index in [2.05, 4.69) is 21.8 Å². The second-order valence-corrected chi connectivity index (χ2v) is 3.63. The maximum Gasteiger partial charge on any atom is 0.347 e. The number of nitrogens with zero attached hydrogens (tertiary/aromatic N) is 2. The van der Waals surface area contributed by atoms with Crippen molar-refractivity contribution in [1.29, 1.82) is 0 Å². The van der Waals surface area contributed by atoms with Gasteiger partial charge in [-0.25, -0.2) is 0 Å². The van der Waals surface area contributed by atoms with Gasteiger partial charge in [0.1, 0.15) is 0 Å². The van der Waals surface area contributed by atoms with Gasteiger partial charge in [-0.15, -0.1) is 0 Å². The van der Waals surface area contributed by atoms with Gasteiger partial charge in [0.15, 0.2) is 0 Å². The topological polar surface area (TPSA) is 78.6 Å². The van der Waals surface area contributed by atoms with Gasteiger partial charge < -0.3 is 15.0 Å². The Kier molecular flexibility index (Phi) is 4.20. The number of nitrogens with one attached hydrogen (secondary N) is 1. The summed E-state index contributed by atoms with van der Waals surface area (Å²) in [4.78, 5) is 10.9. The molecule has 0 bridgehead atoms. The highest BCUT2D eigenvalue weighted by Gasteiger charge is 2.27. The lowest BCUT2D eigenvalue weighted by Crippen LogP contribution is -2.54. The van der Waals surface area contributed by atoms with Crippen molar-refractivity contribution >= 4 is 12.1 Å². The van der Waals surface area contributed by atoms with Gasteiger partial charge in [-0.05, 0) is 0 Å². The van der Waals surface area contributed by atoms with Crippen molar-refractivity contribution in [2.45, 2.75) is 12.8 Å². The zero-order valence-corrected chi connectivity index (χ0v) is 8.90. The van der Waals surface area contributed by atoms with Crippen LogP contribution in [0.2, 0.25) is 0 Å². The molecular formula is C9H17N3O3. The van der Waals surface area contributed by atoms with E-state index in [-0.39, 0.29) is 0 Å². The maximum absolute atomic E-state index is 8.44. The largest absolute Gasteiger partial charge is 0.565 e. The predicted molar refractivity (Wildman–Crippen MR) is 52.9 cm³/mol. The maximum atomic E-state index is 8.44. The SMILES string of the molecule is C[N+]1=C2NCCCN2CCC1.O=C([O-])O. The highest BCUT2D eigenvalue weighted by atomic mass is 16.6. The van der Waals surface area contributed by atoms with Crippen LogP contribution in [0.4, 0.5) is 4.79 Å². The summed E-state index contributed by atoms with van der Waals surface area (Å²) in [6.45, 7) is 4.84. The van der Waals surface area contributed by atoms with E-state index in [0.29, 0.717) is 0 Å². The first-order valence-corrected chi connectivity index (χ1v) is 5.08. The minimum atomic E-state index is -2.08. The van der Waals surface area contributed by atoms with Crippen LogP contribution in [0, 0.1) is 0 Å². The first-order valence-electron chi connectivity index (χ1n) is 5.08. The summed E-state index contributed by atoms with van der Waals surface area (Å²) in [6, 6.07) is 0. The molecule has 6 heteroatoms. The van der Waals surface area contributed by atoms with Crippen LogP contribution in [-0.4, -0.2) is 59.9 Å². The molecule has 2 heterocycles. The van der Waals surface area contributed by atoms with Crippen LogP contribution in [0.1, 0.15) is 12.8 Å². The lowest BCUT2D eigenvalue weighted by Gasteiger charge is -2.29. The molecule has 1 saturated heterocycles. The Bertz CT molecular complexity index is 261. The van der Waals surface area contributed by atoms with Crippen LogP contribution in [0.5, 0.6) is 0 Å². The Morgan fingerprint density at radius 1 is 1.53 bits per heavy atom. The highest BCUT2D eigenvalue weighted by molar-refractivity contribution is 5.75. The number of hydrogen-bond acceptors (Lipinski definition) is 4. The second-order valence-electron chi connectivity index (χ2n) is 3.63. The lowest BCUT2D eigenvalue weighted by molar-refractivity contribution is -0.511. The molecule has 0 radical (unpaired) electrons. The molecule has 0 aromatic heterocycles. The first kappa shape index (κ1) is 11.6. The number of fused-ring (bicyclic) bond motifs is 1. The third-order valence-electron chi connectivity index (χ3n) is 2.47. The van der Waals surface area contributed by atoms with Crippen LogP contribution >= 0.6 is 0 Å². The third kappa shape index (κ3) is 3.65. The third-order valence-corrected chi connectivity index (χ3v) is 2.47. The number of carbonyl (C=O) groups is 1. The normalized spacial score (nSPS) is 19.7. The molecule has 0 unspecified atom stereocenters. The number of carboxylic acid groups (broad SMARTS) is 2. The summed E-state index contributed by atoms with van der Waals surface area (Å²) < 4.78 is 2.32. The minimum Gasteiger partial charge on any atom is -0.565 e. The van der Waals surface area contributed by atoms with Gasteiger partial charge in [0.05, 0.1) is 33.2 Å². The van der Waals surface area contributed by atoms with Crippen LogP contribution < -0.4 is 10.4 Å². The fourth-order valence-electron chi connectivity index (χ4n) is 1.89. The van der Waals surface area contributed by atoms with Crippen molar-refractivity contribution in [2.24, 2.45) is 0 Å². The summed E-state index contributed by atoms with van der Waals surface area (Å²) in [6.07, 6.45) is 0.513. The van der Waals surface area contributed by atoms with Crippen molar-refractivity contribution in [3.05, 3.63) is 0 Å². The molecule has 2 aliphatic rings. The second kappa shape index (κ2) is 5.43. The van der Waals surface area contributed by atoms with Crippen molar-refractivity contribution < 1.29 is 19.6 Å². The van der Waals surface area contributed by atoms with Crippen LogP contribution in [0.25, 0.3) is 0 Å². The molecule has 0 aliphatic carbocycles. The average Bonchev–Trinajstić information content (AvgIpc) is 2.18. The van der Waals surface area contributed by atoms with Crippen LogP contribution in [0.3, 0.4) is 0 Å². The predicted octanol–water partition coefficient (Wildman–Crippen LogP) is -1.43. The summed E-state index contributed by atoms with van der Waals surface area (Å²) in [5.41, 5.74) is 0. The minimum absolute atomic E-state index is 1.15. The summed E-state index contributed by atoms with van der Waals surface area (Å²) in [5, 5.41) is 18.7. The number of hydrogen-bond donors (Lipinski definition) is 2. The fourth-order valence-corrected chi connectivity index (χ4v) is 1.89. The van der Waals surface area contributed by atoms with Gasteiger partial charge in [0.2, 0.25) is 6.16 Å². The Morgan fingerprint density at radius 3 is 2.73 bits per heavy atom. The van der Waals surface area contributed by atoms with Crippen molar-refractivity contribution in [2.75, 3.05) is 33.2 Å². The summed E-state index contributed by atoms with van der Waals surface area (Å²) in [7, 11) is 2.17. The van der Waals surface area contributed by atoms with E-state index in [1.165, 1.54) is 38.4 Å². The van der Waals surface area contributed by atoms with E-state index < -0.39 is 6.16 Å². The van der Waals surface area contributed by atoms with Gasteiger partial charge in [0.25, 0.3) is 0 Å². The highest BCUT2D eigenvalue weighted by Crippen LogP contribution is 2.04. The van der Waals surface area contributed by atoms with Crippen molar-refractivity contribution in [3.8, 4) is 0 Å². The van der Waals surface area contributed by atoms with Gasteiger partial charge in [-0.2, -0.15) is 0 Å². The molecule has 6 nitrogen and oxygen atoms in total. The monoisotopic (exact) mass is 215 g/mol. The zero-order valence-electron chi connectivity index (χ0n) is 8.90. The first-order chi connectivity index (χ1) is 7.11. The van der Waals surface area contributed by atoms with E-state index in [4.69, 9.17) is 15.0 Å². The molecule has 1 fully saturated rings. The molecule has 0 saturated carbocycles. The quantitative estimate of drug-likeness (QED) is 0.484. The Hall–Kier alpha value is -1.46. The molecule has 2 N–H and O–H groups in total. The average molecular weight is 215 g/mol. The van der Waals surface area contributed by atoms with Crippen molar-refractivity contribution in [1.82, 2.24) is 10.2 Å². The standard InChI is InChI=1S/C8H15N3.CH2O3/c1-10-5-3-7-11-6-2-4-9-8(10)11;2-1(3)4/h2-7H2,1H3;(H2,2,3,4). The summed E-state index contributed by atoms with van der Waals surface area (Å²) in [5.74, 6) is 1.35. The van der Waals surface area contributed by atoms with E-state index in [9.17, 15) is 0 Å². The van der Waals surface area contributed by atoms with Gasteiger partial charge in [-0.3, -0.25) is 14.8 Å². The lowest BCUT2D eigenvalue weighted by atomic mass is 10.2. The van der Waals surface area contributed by atoms with E-state index in [1.807, 2.05) is 0 Å².